The summed E-state index contributed by atoms with van der Waals surface area (Å²) in [5.41, 5.74) is 2.59. The Kier molecular flexibility index (Phi) is 2.75. The maximum absolute atomic E-state index is 11.6. The molecule has 0 bridgehead atoms. The van der Waals surface area contributed by atoms with Crippen molar-refractivity contribution in [3.05, 3.63) is 51.4 Å². The Labute approximate surface area is 98.6 Å². The van der Waals surface area contributed by atoms with Gasteiger partial charge in [0.05, 0.1) is 11.6 Å². The number of aromatic amines is 1. The molecule has 1 aromatic heterocycles. The highest BCUT2D eigenvalue weighted by atomic mass is 16.1. The molecule has 1 N–H and O–H groups in total. The first kappa shape index (κ1) is 11.1. The average Bonchev–Trinajstić information content (AvgIpc) is 2.35. The van der Waals surface area contributed by atoms with E-state index in [2.05, 4.69) is 9.97 Å². The molecule has 2 aromatic rings. The first-order valence-electron chi connectivity index (χ1n) is 5.20. The molecule has 0 atom stereocenters. The molecule has 0 unspecified atom stereocenters. The molecular weight excluding hydrogens is 214 g/mol. The van der Waals surface area contributed by atoms with E-state index in [1.54, 1.807) is 38.1 Å². The Morgan fingerprint density at radius 2 is 1.88 bits per heavy atom. The summed E-state index contributed by atoms with van der Waals surface area (Å²) < 4.78 is 0. The number of rotatable bonds is 1. The van der Waals surface area contributed by atoms with Gasteiger partial charge in [-0.25, -0.2) is 4.98 Å². The van der Waals surface area contributed by atoms with E-state index in [9.17, 15) is 4.79 Å². The van der Waals surface area contributed by atoms with E-state index in [-0.39, 0.29) is 5.56 Å². The molecule has 84 valence electrons. The summed E-state index contributed by atoms with van der Waals surface area (Å²) in [5.74, 6) is 0.530. The molecule has 4 nitrogen and oxygen atoms in total. The average molecular weight is 225 g/mol. The van der Waals surface area contributed by atoms with Gasteiger partial charge >= 0.3 is 0 Å². The van der Waals surface area contributed by atoms with Gasteiger partial charge in [0.1, 0.15) is 5.82 Å². The van der Waals surface area contributed by atoms with Crippen molar-refractivity contribution in [1.82, 2.24) is 9.97 Å². The molecule has 0 fully saturated rings. The minimum absolute atomic E-state index is 0.128. The van der Waals surface area contributed by atoms with Crippen LogP contribution in [-0.2, 0) is 0 Å². The standard InChI is InChI=1S/C13H11N3O/c1-8-9(2)15-12(16-13(8)17)11-5-3-10(7-14)4-6-11/h3-6H,1-2H3,(H,15,16,17). The number of nitriles is 1. The second-order valence-electron chi connectivity index (χ2n) is 3.81. The predicted octanol–water partition coefficient (Wildman–Crippen LogP) is 1.93. The number of hydrogen-bond donors (Lipinski definition) is 1. The third-order valence-electron chi connectivity index (χ3n) is 2.68. The zero-order chi connectivity index (χ0) is 12.4. The van der Waals surface area contributed by atoms with Crippen LogP contribution in [0.1, 0.15) is 16.8 Å². The van der Waals surface area contributed by atoms with Crippen LogP contribution in [0.2, 0.25) is 0 Å². The van der Waals surface area contributed by atoms with Crippen LogP contribution in [0.4, 0.5) is 0 Å². The topological polar surface area (TPSA) is 69.5 Å². The summed E-state index contributed by atoms with van der Waals surface area (Å²) in [4.78, 5) is 18.7. The van der Waals surface area contributed by atoms with Gasteiger partial charge in [0.2, 0.25) is 0 Å². The summed E-state index contributed by atoms with van der Waals surface area (Å²) in [6.45, 7) is 3.54. The normalized spacial score (nSPS) is 9.94. The largest absolute Gasteiger partial charge is 0.306 e. The van der Waals surface area contributed by atoms with Crippen molar-refractivity contribution >= 4 is 0 Å². The molecule has 1 aromatic carbocycles. The van der Waals surface area contributed by atoms with E-state index in [0.29, 0.717) is 22.6 Å². The molecule has 4 heteroatoms. The third-order valence-corrected chi connectivity index (χ3v) is 2.68. The monoisotopic (exact) mass is 225 g/mol. The zero-order valence-corrected chi connectivity index (χ0v) is 9.61. The van der Waals surface area contributed by atoms with Gasteiger partial charge in [-0.05, 0) is 38.1 Å². The maximum Gasteiger partial charge on any atom is 0.254 e. The number of benzene rings is 1. The van der Waals surface area contributed by atoms with Gasteiger partial charge in [0.25, 0.3) is 5.56 Å². The highest BCUT2D eigenvalue weighted by Gasteiger charge is 2.05. The van der Waals surface area contributed by atoms with Crippen molar-refractivity contribution in [1.29, 1.82) is 5.26 Å². The van der Waals surface area contributed by atoms with Crippen LogP contribution in [0, 0.1) is 25.2 Å². The molecule has 0 aliphatic rings. The van der Waals surface area contributed by atoms with Gasteiger partial charge in [0.15, 0.2) is 0 Å². The summed E-state index contributed by atoms with van der Waals surface area (Å²) >= 11 is 0. The van der Waals surface area contributed by atoms with Gasteiger partial charge in [-0.3, -0.25) is 4.79 Å². The highest BCUT2D eigenvalue weighted by molar-refractivity contribution is 5.56. The van der Waals surface area contributed by atoms with E-state index < -0.39 is 0 Å². The lowest BCUT2D eigenvalue weighted by Gasteiger charge is -2.04. The van der Waals surface area contributed by atoms with Crippen LogP contribution < -0.4 is 5.56 Å². The second kappa shape index (κ2) is 4.22. The van der Waals surface area contributed by atoms with Crippen molar-refractivity contribution in [2.24, 2.45) is 0 Å². The second-order valence-corrected chi connectivity index (χ2v) is 3.81. The molecule has 0 radical (unpaired) electrons. The Morgan fingerprint density at radius 1 is 1.24 bits per heavy atom. The smallest absolute Gasteiger partial charge is 0.254 e. The van der Waals surface area contributed by atoms with Gasteiger partial charge in [0, 0.05) is 16.8 Å². The van der Waals surface area contributed by atoms with E-state index in [1.165, 1.54) is 0 Å². The molecule has 2 rings (SSSR count). The van der Waals surface area contributed by atoms with Crippen molar-refractivity contribution in [3.63, 3.8) is 0 Å². The van der Waals surface area contributed by atoms with Gasteiger partial charge < -0.3 is 4.98 Å². The summed E-state index contributed by atoms with van der Waals surface area (Å²) in [6.07, 6.45) is 0. The summed E-state index contributed by atoms with van der Waals surface area (Å²) in [7, 11) is 0. The Hall–Kier alpha value is -2.41. The third kappa shape index (κ3) is 2.08. The van der Waals surface area contributed by atoms with Crippen molar-refractivity contribution in [2.45, 2.75) is 13.8 Å². The zero-order valence-electron chi connectivity index (χ0n) is 9.61. The molecule has 17 heavy (non-hydrogen) atoms. The number of aryl methyl sites for hydroxylation is 1. The van der Waals surface area contributed by atoms with Crippen molar-refractivity contribution < 1.29 is 0 Å². The lowest BCUT2D eigenvalue weighted by Crippen LogP contribution is -2.14. The molecule has 0 aliphatic carbocycles. The minimum Gasteiger partial charge on any atom is -0.306 e. The number of nitrogens with zero attached hydrogens (tertiary/aromatic N) is 2. The van der Waals surface area contributed by atoms with Gasteiger partial charge in [-0.2, -0.15) is 5.26 Å². The summed E-state index contributed by atoms with van der Waals surface area (Å²) in [5, 5.41) is 8.70. The Bertz CT molecular complexity index is 648. The number of aromatic nitrogens is 2. The molecular formula is C13H11N3O. The SMILES string of the molecule is Cc1nc(-c2ccc(C#N)cc2)[nH]c(=O)c1C. The lowest BCUT2D eigenvalue weighted by molar-refractivity contribution is 1.03. The van der Waals surface area contributed by atoms with Crippen LogP contribution in [-0.4, -0.2) is 9.97 Å². The molecule has 0 saturated carbocycles. The fourth-order valence-corrected chi connectivity index (χ4v) is 1.48. The molecule has 0 spiro atoms. The van der Waals surface area contributed by atoms with E-state index in [4.69, 9.17) is 5.26 Å². The molecule has 1 heterocycles. The molecule has 0 aliphatic heterocycles. The van der Waals surface area contributed by atoms with Crippen LogP contribution >= 0.6 is 0 Å². The fourth-order valence-electron chi connectivity index (χ4n) is 1.48. The van der Waals surface area contributed by atoms with Crippen LogP contribution in [0.15, 0.2) is 29.1 Å². The first-order chi connectivity index (χ1) is 8.11. The predicted molar refractivity (Wildman–Crippen MR) is 64.5 cm³/mol. The highest BCUT2D eigenvalue weighted by Crippen LogP contribution is 2.14. The van der Waals surface area contributed by atoms with Crippen molar-refractivity contribution in [3.8, 4) is 17.5 Å². The minimum atomic E-state index is -0.128. The van der Waals surface area contributed by atoms with Crippen molar-refractivity contribution in [2.75, 3.05) is 0 Å². The fraction of sp³-hybridized carbons (Fsp3) is 0.154. The summed E-state index contributed by atoms with van der Waals surface area (Å²) in [6, 6.07) is 8.98. The van der Waals surface area contributed by atoms with Crippen LogP contribution in [0.25, 0.3) is 11.4 Å². The Morgan fingerprint density at radius 3 is 2.41 bits per heavy atom. The number of hydrogen-bond acceptors (Lipinski definition) is 3. The van der Waals surface area contributed by atoms with E-state index >= 15 is 0 Å². The quantitative estimate of drug-likeness (QED) is 0.806. The van der Waals surface area contributed by atoms with Gasteiger partial charge in [-0.1, -0.05) is 0 Å². The number of H-pyrrole nitrogens is 1. The van der Waals surface area contributed by atoms with E-state index in [0.717, 1.165) is 5.56 Å². The molecule has 0 amide bonds. The van der Waals surface area contributed by atoms with E-state index in [1.807, 2.05) is 6.07 Å². The van der Waals surface area contributed by atoms with Crippen LogP contribution in [0.3, 0.4) is 0 Å². The maximum atomic E-state index is 11.6. The lowest BCUT2D eigenvalue weighted by atomic mass is 10.1. The number of nitrogens with one attached hydrogen (secondary N) is 1. The van der Waals surface area contributed by atoms with Crippen LogP contribution in [0.5, 0.6) is 0 Å². The first-order valence-corrected chi connectivity index (χ1v) is 5.20. The Balaban J connectivity index is 2.54. The molecule has 0 saturated heterocycles. The van der Waals surface area contributed by atoms with Gasteiger partial charge in [-0.15, -0.1) is 0 Å².